The normalized spacial score (nSPS) is 12.6. The molecule has 1 heterocycles. The van der Waals surface area contributed by atoms with Crippen molar-refractivity contribution < 1.29 is 14.3 Å². The number of rotatable bonds is 5. The highest BCUT2D eigenvalue weighted by Crippen LogP contribution is 2.14. The molecular weight excluding hydrogens is 246 g/mol. The van der Waals surface area contributed by atoms with E-state index in [2.05, 4.69) is 10.3 Å². The van der Waals surface area contributed by atoms with E-state index in [1.54, 1.807) is 36.9 Å². The molecule has 2 rings (SSSR count). The van der Waals surface area contributed by atoms with Crippen LogP contribution in [0.2, 0.25) is 0 Å². The molecule has 0 bridgehead atoms. The molecule has 0 aliphatic heterocycles. The van der Waals surface area contributed by atoms with Gasteiger partial charge in [0.15, 0.2) is 0 Å². The zero-order valence-corrected chi connectivity index (χ0v) is 11.3. The Labute approximate surface area is 111 Å². The molecule has 1 aromatic carbocycles. The highest BCUT2D eigenvalue weighted by molar-refractivity contribution is 5.93. The highest BCUT2D eigenvalue weighted by Gasteiger charge is 2.13. The van der Waals surface area contributed by atoms with Gasteiger partial charge in [0.1, 0.15) is 11.6 Å². The van der Waals surface area contributed by atoms with Crippen molar-refractivity contribution in [3.05, 3.63) is 23.8 Å². The number of esters is 1. The van der Waals surface area contributed by atoms with E-state index in [4.69, 9.17) is 9.47 Å². The summed E-state index contributed by atoms with van der Waals surface area (Å²) in [5.74, 6) is -0.375. The Morgan fingerprint density at radius 3 is 3.00 bits per heavy atom. The van der Waals surface area contributed by atoms with Gasteiger partial charge in [-0.1, -0.05) is 5.21 Å². The van der Waals surface area contributed by atoms with E-state index >= 15 is 0 Å². The van der Waals surface area contributed by atoms with Crippen LogP contribution in [0.5, 0.6) is 0 Å². The Morgan fingerprint density at radius 1 is 1.47 bits per heavy atom. The van der Waals surface area contributed by atoms with E-state index < -0.39 is 0 Å². The maximum atomic E-state index is 11.9. The second-order valence-electron chi connectivity index (χ2n) is 4.29. The molecule has 0 saturated carbocycles. The number of fused-ring (bicyclic) bond motifs is 1. The van der Waals surface area contributed by atoms with Gasteiger partial charge < -0.3 is 9.47 Å². The van der Waals surface area contributed by atoms with Gasteiger partial charge in [0.2, 0.25) is 0 Å². The molecule has 1 atom stereocenters. The predicted molar refractivity (Wildman–Crippen MR) is 69.9 cm³/mol. The maximum absolute atomic E-state index is 11.9. The number of benzene rings is 1. The fourth-order valence-electron chi connectivity index (χ4n) is 1.74. The van der Waals surface area contributed by atoms with E-state index in [1.807, 2.05) is 6.92 Å². The number of carbonyl (C=O) groups excluding carboxylic acids is 1. The minimum absolute atomic E-state index is 0.273. The van der Waals surface area contributed by atoms with Gasteiger partial charge in [-0.3, -0.25) is 0 Å². The third-order valence-electron chi connectivity index (χ3n) is 2.71. The van der Waals surface area contributed by atoms with E-state index in [0.717, 1.165) is 5.52 Å². The van der Waals surface area contributed by atoms with Crippen LogP contribution in [-0.2, 0) is 16.5 Å². The molecule has 0 aliphatic rings. The summed E-state index contributed by atoms with van der Waals surface area (Å²) in [5, 5.41) is 7.86. The van der Waals surface area contributed by atoms with Gasteiger partial charge in [-0.25, -0.2) is 9.48 Å². The summed E-state index contributed by atoms with van der Waals surface area (Å²) >= 11 is 0. The number of aromatic nitrogens is 3. The molecule has 1 aromatic heterocycles. The quantitative estimate of drug-likeness (QED) is 0.766. The van der Waals surface area contributed by atoms with Crippen LogP contribution in [0.3, 0.4) is 0 Å². The van der Waals surface area contributed by atoms with E-state index in [-0.39, 0.29) is 12.1 Å². The van der Waals surface area contributed by atoms with Crippen LogP contribution in [-0.4, -0.2) is 40.3 Å². The lowest BCUT2D eigenvalue weighted by Crippen LogP contribution is -2.20. The second kappa shape index (κ2) is 5.79. The molecule has 0 N–H and O–H groups in total. The number of nitrogens with zero attached hydrogens (tertiary/aromatic N) is 3. The molecule has 0 radical (unpaired) electrons. The fraction of sp³-hybridized carbons (Fsp3) is 0.462. The molecule has 0 fully saturated rings. The molecule has 6 nitrogen and oxygen atoms in total. The standard InChI is InChI=1S/C13H17N3O3/c1-4-18-8-9(2)19-13(17)10-5-6-12-11(7-10)14-15-16(12)3/h5-7,9H,4,8H2,1-3H3/t9-/m1/s1. The van der Waals surface area contributed by atoms with Gasteiger partial charge in [0, 0.05) is 13.7 Å². The smallest absolute Gasteiger partial charge is 0.338 e. The Bertz CT molecular complexity index is 580. The summed E-state index contributed by atoms with van der Waals surface area (Å²) in [6.45, 7) is 4.70. The summed E-state index contributed by atoms with van der Waals surface area (Å²) in [6, 6.07) is 5.19. The number of ether oxygens (including phenoxy) is 2. The number of carbonyl (C=O) groups is 1. The van der Waals surface area contributed by atoms with Gasteiger partial charge in [0.05, 0.1) is 17.7 Å². The molecular formula is C13H17N3O3. The van der Waals surface area contributed by atoms with Crippen LogP contribution in [0.1, 0.15) is 24.2 Å². The van der Waals surface area contributed by atoms with Crippen LogP contribution in [0, 0.1) is 0 Å². The van der Waals surface area contributed by atoms with Crippen LogP contribution in [0.25, 0.3) is 11.0 Å². The lowest BCUT2D eigenvalue weighted by Gasteiger charge is -2.12. The summed E-state index contributed by atoms with van der Waals surface area (Å²) < 4.78 is 12.1. The monoisotopic (exact) mass is 263 g/mol. The van der Waals surface area contributed by atoms with Crippen molar-refractivity contribution in [2.24, 2.45) is 7.05 Å². The first-order chi connectivity index (χ1) is 9.11. The van der Waals surface area contributed by atoms with Crippen molar-refractivity contribution in [2.45, 2.75) is 20.0 Å². The zero-order chi connectivity index (χ0) is 13.8. The van der Waals surface area contributed by atoms with Crippen molar-refractivity contribution >= 4 is 17.0 Å². The second-order valence-corrected chi connectivity index (χ2v) is 4.29. The van der Waals surface area contributed by atoms with Gasteiger partial charge in [-0.2, -0.15) is 0 Å². The van der Waals surface area contributed by atoms with Crippen molar-refractivity contribution in [3.8, 4) is 0 Å². The number of aryl methyl sites for hydroxylation is 1. The van der Waals surface area contributed by atoms with Crippen LogP contribution >= 0.6 is 0 Å². The third kappa shape index (κ3) is 3.08. The van der Waals surface area contributed by atoms with Crippen molar-refractivity contribution in [1.82, 2.24) is 15.0 Å². The molecule has 0 amide bonds. The molecule has 2 aromatic rings. The van der Waals surface area contributed by atoms with E-state index in [0.29, 0.717) is 24.3 Å². The topological polar surface area (TPSA) is 66.2 Å². The summed E-state index contributed by atoms with van der Waals surface area (Å²) in [6.07, 6.45) is -0.273. The first-order valence-electron chi connectivity index (χ1n) is 6.20. The largest absolute Gasteiger partial charge is 0.457 e. The van der Waals surface area contributed by atoms with Crippen molar-refractivity contribution in [3.63, 3.8) is 0 Å². The highest BCUT2D eigenvalue weighted by atomic mass is 16.6. The van der Waals surface area contributed by atoms with Crippen LogP contribution in [0.4, 0.5) is 0 Å². The Hall–Kier alpha value is -1.95. The van der Waals surface area contributed by atoms with Crippen molar-refractivity contribution in [2.75, 3.05) is 13.2 Å². The molecule has 0 unspecified atom stereocenters. The van der Waals surface area contributed by atoms with Gasteiger partial charge in [-0.15, -0.1) is 5.10 Å². The first-order valence-corrected chi connectivity index (χ1v) is 6.20. The summed E-state index contributed by atoms with van der Waals surface area (Å²) in [5.41, 5.74) is 2.02. The first kappa shape index (κ1) is 13.5. The number of hydrogen-bond acceptors (Lipinski definition) is 5. The molecule has 102 valence electrons. The molecule has 6 heteroatoms. The molecule has 19 heavy (non-hydrogen) atoms. The van der Waals surface area contributed by atoms with E-state index in [1.165, 1.54) is 0 Å². The van der Waals surface area contributed by atoms with Crippen molar-refractivity contribution in [1.29, 1.82) is 0 Å². The predicted octanol–water partition coefficient (Wildman–Crippen LogP) is 1.55. The lowest BCUT2D eigenvalue weighted by molar-refractivity contribution is 0.00441. The SMILES string of the molecule is CCOC[C@@H](C)OC(=O)c1ccc2c(c1)nnn2C. The average molecular weight is 263 g/mol. The Morgan fingerprint density at radius 2 is 2.26 bits per heavy atom. The van der Waals surface area contributed by atoms with Gasteiger partial charge >= 0.3 is 5.97 Å². The molecule has 0 aliphatic carbocycles. The third-order valence-corrected chi connectivity index (χ3v) is 2.71. The minimum atomic E-state index is -0.375. The Balaban J connectivity index is 2.08. The summed E-state index contributed by atoms with van der Waals surface area (Å²) in [4.78, 5) is 11.9. The van der Waals surface area contributed by atoms with Gasteiger partial charge in [-0.05, 0) is 32.0 Å². The lowest BCUT2D eigenvalue weighted by atomic mass is 10.2. The van der Waals surface area contributed by atoms with E-state index in [9.17, 15) is 4.79 Å². The van der Waals surface area contributed by atoms with Crippen LogP contribution in [0.15, 0.2) is 18.2 Å². The number of hydrogen-bond donors (Lipinski definition) is 0. The maximum Gasteiger partial charge on any atom is 0.338 e. The fourth-order valence-corrected chi connectivity index (χ4v) is 1.74. The van der Waals surface area contributed by atoms with Gasteiger partial charge in [0.25, 0.3) is 0 Å². The summed E-state index contributed by atoms with van der Waals surface area (Å²) in [7, 11) is 1.80. The van der Waals surface area contributed by atoms with Crippen LogP contribution < -0.4 is 0 Å². The molecule has 0 saturated heterocycles. The zero-order valence-electron chi connectivity index (χ0n) is 11.3. The minimum Gasteiger partial charge on any atom is -0.457 e. The average Bonchev–Trinajstić information content (AvgIpc) is 2.77. The Kier molecular flexibility index (Phi) is 4.11. The molecule has 0 spiro atoms.